The highest BCUT2D eigenvalue weighted by Crippen LogP contribution is 2.24. The zero-order chi connectivity index (χ0) is 12.4. The van der Waals surface area contributed by atoms with E-state index in [4.69, 9.17) is 0 Å². The average molecular weight is 241 g/mol. The Morgan fingerprint density at radius 2 is 2.12 bits per heavy atom. The summed E-state index contributed by atoms with van der Waals surface area (Å²) in [5, 5.41) is 3.20. The van der Waals surface area contributed by atoms with Gasteiger partial charge in [0.05, 0.1) is 0 Å². The van der Waals surface area contributed by atoms with Crippen LogP contribution in [0.3, 0.4) is 0 Å². The molecule has 0 radical (unpaired) electrons. The molecule has 0 aliphatic heterocycles. The fourth-order valence-electron chi connectivity index (χ4n) is 1.58. The standard InChI is InChI=1S/C12H17F2N3/c1-7(2)12-16-6-8(5-15-9-3-4-9)10(17-12)11(13)14/h6-7,9,11,15H,3-5H2,1-2H3. The maximum atomic E-state index is 12.9. The van der Waals surface area contributed by atoms with E-state index in [1.54, 1.807) is 0 Å². The molecule has 1 aromatic rings. The number of rotatable bonds is 5. The number of nitrogens with one attached hydrogen (secondary N) is 1. The van der Waals surface area contributed by atoms with Crippen LogP contribution in [0.15, 0.2) is 6.20 Å². The highest BCUT2D eigenvalue weighted by Gasteiger charge is 2.22. The van der Waals surface area contributed by atoms with Crippen LogP contribution in [0.25, 0.3) is 0 Å². The van der Waals surface area contributed by atoms with Gasteiger partial charge in [-0.25, -0.2) is 18.7 Å². The highest BCUT2D eigenvalue weighted by atomic mass is 19.3. The van der Waals surface area contributed by atoms with Crippen molar-refractivity contribution >= 4 is 0 Å². The van der Waals surface area contributed by atoms with Crippen LogP contribution < -0.4 is 5.32 Å². The van der Waals surface area contributed by atoms with Gasteiger partial charge in [0.1, 0.15) is 11.5 Å². The minimum Gasteiger partial charge on any atom is -0.310 e. The summed E-state index contributed by atoms with van der Waals surface area (Å²) >= 11 is 0. The highest BCUT2D eigenvalue weighted by molar-refractivity contribution is 5.20. The van der Waals surface area contributed by atoms with Crippen LogP contribution in [0, 0.1) is 0 Å². The molecule has 1 N–H and O–H groups in total. The van der Waals surface area contributed by atoms with Crippen molar-refractivity contribution in [1.82, 2.24) is 15.3 Å². The second-order valence-corrected chi connectivity index (χ2v) is 4.75. The summed E-state index contributed by atoms with van der Waals surface area (Å²) in [5.74, 6) is 0.549. The molecule has 5 heteroatoms. The molecule has 1 aliphatic carbocycles. The molecular weight excluding hydrogens is 224 g/mol. The van der Waals surface area contributed by atoms with Gasteiger partial charge < -0.3 is 5.32 Å². The van der Waals surface area contributed by atoms with Crippen molar-refractivity contribution in [3.8, 4) is 0 Å². The quantitative estimate of drug-likeness (QED) is 0.861. The Morgan fingerprint density at radius 3 is 2.65 bits per heavy atom. The van der Waals surface area contributed by atoms with Gasteiger partial charge in [-0.3, -0.25) is 0 Å². The van der Waals surface area contributed by atoms with Crippen LogP contribution >= 0.6 is 0 Å². The van der Waals surface area contributed by atoms with Gasteiger partial charge in [0.2, 0.25) is 0 Å². The molecule has 1 saturated carbocycles. The monoisotopic (exact) mass is 241 g/mol. The van der Waals surface area contributed by atoms with Crippen LogP contribution in [-0.2, 0) is 6.54 Å². The molecule has 0 aromatic carbocycles. The molecule has 94 valence electrons. The third-order valence-electron chi connectivity index (χ3n) is 2.80. The molecule has 17 heavy (non-hydrogen) atoms. The maximum absolute atomic E-state index is 12.9. The first-order valence-electron chi connectivity index (χ1n) is 5.95. The SMILES string of the molecule is CC(C)c1ncc(CNC2CC2)c(C(F)F)n1. The van der Waals surface area contributed by atoms with Crippen LogP contribution in [0.5, 0.6) is 0 Å². The Hall–Kier alpha value is -1.10. The summed E-state index contributed by atoms with van der Waals surface area (Å²) in [5.41, 5.74) is 0.383. The number of hydrogen-bond donors (Lipinski definition) is 1. The van der Waals surface area contributed by atoms with E-state index in [1.807, 2.05) is 13.8 Å². The van der Waals surface area contributed by atoms with E-state index >= 15 is 0 Å². The Labute approximate surface area is 99.7 Å². The predicted octanol–water partition coefficient (Wildman–Crippen LogP) is 2.79. The molecular formula is C12H17F2N3. The van der Waals surface area contributed by atoms with Crippen molar-refractivity contribution in [2.75, 3.05) is 0 Å². The summed E-state index contributed by atoms with van der Waals surface area (Å²) < 4.78 is 25.8. The second-order valence-electron chi connectivity index (χ2n) is 4.75. The maximum Gasteiger partial charge on any atom is 0.280 e. The molecule has 1 fully saturated rings. The van der Waals surface area contributed by atoms with Crippen molar-refractivity contribution in [2.45, 2.75) is 51.6 Å². The van der Waals surface area contributed by atoms with E-state index in [0.717, 1.165) is 12.8 Å². The molecule has 0 bridgehead atoms. The lowest BCUT2D eigenvalue weighted by Crippen LogP contribution is -2.18. The first-order valence-corrected chi connectivity index (χ1v) is 5.95. The first-order chi connectivity index (χ1) is 8.08. The van der Waals surface area contributed by atoms with Gasteiger partial charge in [0.25, 0.3) is 6.43 Å². The lowest BCUT2D eigenvalue weighted by atomic mass is 10.1. The van der Waals surface area contributed by atoms with Gasteiger partial charge in [0.15, 0.2) is 0 Å². The van der Waals surface area contributed by atoms with Crippen molar-refractivity contribution in [3.63, 3.8) is 0 Å². The summed E-state index contributed by atoms with van der Waals surface area (Å²) in [7, 11) is 0. The van der Waals surface area contributed by atoms with E-state index in [2.05, 4.69) is 15.3 Å². The molecule has 1 aromatic heterocycles. The summed E-state index contributed by atoms with van der Waals surface area (Å²) in [4.78, 5) is 8.10. The predicted molar refractivity (Wildman–Crippen MR) is 60.9 cm³/mol. The van der Waals surface area contributed by atoms with E-state index < -0.39 is 6.43 Å². The molecule has 0 unspecified atom stereocenters. The Kier molecular flexibility index (Phi) is 3.66. The number of alkyl halides is 2. The minimum absolute atomic E-state index is 0.0675. The molecule has 3 nitrogen and oxygen atoms in total. The lowest BCUT2D eigenvalue weighted by Gasteiger charge is -2.11. The third kappa shape index (κ3) is 3.19. The van der Waals surface area contributed by atoms with Gasteiger partial charge in [-0.05, 0) is 12.8 Å². The zero-order valence-electron chi connectivity index (χ0n) is 10.1. The molecule has 2 rings (SSSR count). The number of halogens is 2. The zero-order valence-corrected chi connectivity index (χ0v) is 10.1. The Morgan fingerprint density at radius 1 is 1.41 bits per heavy atom. The summed E-state index contributed by atoms with van der Waals surface area (Å²) in [6.07, 6.45) is 1.26. The fraction of sp³-hybridized carbons (Fsp3) is 0.667. The third-order valence-corrected chi connectivity index (χ3v) is 2.80. The van der Waals surface area contributed by atoms with Gasteiger partial charge >= 0.3 is 0 Å². The van der Waals surface area contributed by atoms with Crippen molar-refractivity contribution in [2.24, 2.45) is 0 Å². The molecule has 1 aliphatic rings. The van der Waals surface area contributed by atoms with Crippen molar-refractivity contribution < 1.29 is 8.78 Å². The Balaban J connectivity index is 2.17. The van der Waals surface area contributed by atoms with E-state index in [9.17, 15) is 8.78 Å². The largest absolute Gasteiger partial charge is 0.310 e. The minimum atomic E-state index is -2.54. The van der Waals surface area contributed by atoms with Crippen LogP contribution in [0.1, 0.15) is 56.1 Å². The van der Waals surface area contributed by atoms with Crippen molar-refractivity contribution in [3.05, 3.63) is 23.3 Å². The van der Waals surface area contributed by atoms with Crippen LogP contribution in [0.2, 0.25) is 0 Å². The van der Waals surface area contributed by atoms with Crippen LogP contribution in [-0.4, -0.2) is 16.0 Å². The van der Waals surface area contributed by atoms with E-state index in [-0.39, 0.29) is 11.6 Å². The summed E-state index contributed by atoms with van der Waals surface area (Å²) in [6.45, 7) is 4.22. The number of aromatic nitrogens is 2. The Bertz CT molecular complexity index is 389. The lowest BCUT2D eigenvalue weighted by molar-refractivity contribution is 0.144. The van der Waals surface area contributed by atoms with E-state index in [1.165, 1.54) is 6.20 Å². The first kappa shape index (κ1) is 12.4. The molecule has 0 amide bonds. The molecule has 1 heterocycles. The van der Waals surface area contributed by atoms with Crippen LogP contribution in [0.4, 0.5) is 8.78 Å². The normalized spacial score (nSPS) is 15.9. The smallest absolute Gasteiger partial charge is 0.280 e. The molecule has 0 atom stereocenters. The fourth-order valence-corrected chi connectivity index (χ4v) is 1.58. The van der Waals surface area contributed by atoms with E-state index in [0.29, 0.717) is 24.0 Å². The number of hydrogen-bond acceptors (Lipinski definition) is 3. The van der Waals surface area contributed by atoms with Crippen molar-refractivity contribution in [1.29, 1.82) is 0 Å². The topological polar surface area (TPSA) is 37.8 Å². The molecule has 0 spiro atoms. The van der Waals surface area contributed by atoms with Gasteiger partial charge in [-0.1, -0.05) is 13.8 Å². The van der Waals surface area contributed by atoms with Gasteiger partial charge in [0, 0.05) is 30.3 Å². The van der Waals surface area contributed by atoms with Gasteiger partial charge in [-0.2, -0.15) is 0 Å². The second kappa shape index (κ2) is 5.04. The average Bonchev–Trinajstić information content (AvgIpc) is 3.09. The summed E-state index contributed by atoms with van der Waals surface area (Å²) in [6, 6.07) is 0.491. The van der Waals surface area contributed by atoms with Gasteiger partial charge in [-0.15, -0.1) is 0 Å². The number of nitrogens with zero attached hydrogens (tertiary/aromatic N) is 2. The molecule has 0 saturated heterocycles.